The Morgan fingerprint density at radius 1 is 1.20 bits per heavy atom. The van der Waals surface area contributed by atoms with E-state index in [4.69, 9.17) is 20.8 Å². The van der Waals surface area contributed by atoms with Gasteiger partial charge in [0.15, 0.2) is 12.4 Å². The molecule has 0 saturated carbocycles. The number of esters is 1. The van der Waals surface area contributed by atoms with Crippen LogP contribution >= 0.6 is 11.6 Å². The zero-order valence-electron chi connectivity index (χ0n) is 12.7. The fourth-order valence-corrected chi connectivity index (χ4v) is 2.26. The molecule has 0 N–H and O–H groups in total. The van der Waals surface area contributed by atoms with Crippen molar-refractivity contribution in [1.29, 1.82) is 0 Å². The molecule has 0 atom stereocenters. The molecule has 8 heteroatoms. The number of halogens is 1. The van der Waals surface area contributed by atoms with Gasteiger partial charge >= 0.3 is 5.97 Å². The van der Waals surface area contributed by atoms with Gasteiger partial charge in [-0.1, -0.05) is 23.7 Å². The summed E-state index contributed by atoms with van der Waals surface area (Å²) >= 11 is 5.83. The summed E-state index contributed by atoms with van der Waals surface area (Å²) in [5, 5.41) is 11.5. The molecule has 126 valence electrons. The maximum absolute atomic E-state index is 12.0. The fourth-order valence-electron chi connectivity index (χ4n) is 2.14. The van der Waals surface area contributed by atoms with Crippen LogP contribution in [0.5, 0.6) is 0 Å². The number of benzene rings is 2. The molecule has 0 unspecified atom stereocenters. The van der Waals surface area contributed by atoms with Crippen molar-refractivity contribution in [3.05, 3.63) is 81.3 Å². The summed E-state index contributed by atoms with van der Waals surface area (Å²) in [7, 11) is 0. The standard InChI is InChI=1S/C17H11ClN2O5/c18-12-7-5-11(6-8-12)15-9-19-16(25-15)10-24-17(21)13-3-1-2-4-14(13)20(22)23/h1-9H,10H2. The highest BCUT2D eigenvalue weighted by Gasteiger charge is 2.21. The fraction of sp³-hybridized carbons (Fsp3) is 0.0588. The Bertz CT molecular complexity index is 921. The Morgan fingerprint density at radius 2 is 1.92 bits per heavy atom. The Kier molecular flexibility index (Phi) is 4.76. The van der Waals surface area contributed by atoms with Crippen molar-refractivity contribution in [1.82, 2.24) is 4.98 Å². The number of hydrogen-bond donors (Lipinski definition) is 0. The van der Waals surface area contributed by atoms with Crippen molar-refractivity contribution in [2.75, 3.05) is 0 Å². The number of para-hydroxylation sites is 1. The van der Waals surface area contributed by atoms with Crippen LogP contribution in [0.15, 0.2) is 59.1 Å². The quantitative estimate of drug-likeness (QED) is 0.384. The van der Waals surface area contributed by atoms with E-state index in [9.17, 15) is 14.9 Å². The van der Waals surface area contributed by atoms with Gasteiger partial charge in [-0.3, -0.25) is 10.1 Å². The van der Waals surface area contributed by atoms with Gasteiger partial charge in [0.2, 0.25) is 5.89 Å². The third-order valence-electron chi connectivity index (χ3n) is 3.33. The first-order valence-corrected chi connectivity index (χ1v) is 7.53. The van der Waals surface area contributed by atoms with Crippen LogP contribution in [0.25, 0.3) is 11.3 Å². The summed E-state index contributed by atoms with van der Waals surface area (Å²) in [6.07, 6.45) is 1.50. The van der Waals surface area contributed by atoms with Gasteiger partial charge < -0.3 is 9.15 Å². The molecule has 0 spiro atoms. The highest BCUT2D eigenvalue weighted by Crippen LogP contribution is 2.23. The summed E-state index contributed by atoms with van der Waals surface area (Å²) < 4.78 is 10.6. The van der Waals surface area contributed by atoms with Crippen molar-refractivity contribution in [2.45, 2.75) is 6.61 Å². The van der Waals surface area contributed by atoms with E-state index in [-0.39, 0.29) is 23.7 Å². The summed E-state index contributed by atoms with van der Waals surface area (Å²) in [6, 6.07) is 12.5. The molecule has 0 aliphatic rings. The number of nitrogens with zero attached hydrogens (tertiary/aromatic N) is 2. The minimum Gasteiger partial charge on any atom is -0.452 e. The first-order chi connectivity index (χ1) is 12.0. The van der Waals surface area contributed by atoms with Crippen LogP contribution in [0.3, 0.4) is 0 Å². The number of hydrogen-bond acceptors (Lipinski definition) is 6. The highest BCUT2D eigenvalue weighted by atomic mass is 35.5. The van der Waals surface area contributed by atoms with E-state index in [1.807, 2.05) is 0 Å². The number of aromatic nitrogens is 1. The van der Waals surface area contributed by atoms with E-state index in [0.29, 0.717) is 10.8 Å². The molecule has 7 nitrogen and oxygen atoms in total. The molecule has 3 aromatic rings. The Balaban J connectivity index is 1.69. The molecule has 0 aliphatic carbocycles. The van der Waals surface area contributed by atoms with Gasteiger partial charge in [0, 0.05) is 16.7 Å². The van der Waals surface area contributed by atoms with Crippen LogP contribution in [0.4, 0.5) is 5.69 Å². The van der Waals surface area contributed by atoms with Crippen LogP contribution in [0.1, 0.15) is 16.2 Å². The summed E-state index contributed by atoms with van der Waals surface area (Å²) in [5.74, 6) is -0.149. The highest BCUT2D eigenvalue weighted by molar-refractivity contribution is 6.30. The van der Waals surface area contributed by atoms with Crippen molar-refractivity contribution < 1.29 is 18.9 Å². The first-order valence-electron chi connectivity index (χ1n) is 7.16. The second-order valence-corrected chi connectivity index (χ2v) is 5.41. The van der Waals surface area contributed by atoms with Gasteiger partial charge in [-0.25, -0.2) is 9.78 Å². The van der Waals surface area contributed by atoms with E-state index in [1.54, 1.807) is 24.3 Å². The summed E-state index contributed by atoms with van der Waals surface area (Å²) in [5.41, 5.74) is 0.326. The second-order valence-electron chi connectivity index (χ2n) is 4.98. The van der Waals surface area contributed by atoms with Crippen LogP contribution in [0, 0.1) is 10.1 Å². The predicted octanol–water partition coefficient (Wildman–Crippen LogP) is 4.26. The van der Waals surface area contributed by atoms with Crippen molar-refractivity contribution in [2.24, 2.45) is 0 Å². The summed E-state index contributed by atoms with van der Waals surface area (Å²) in [4.78, 5) is 26.4. The molecule has 3 rings (SSSR count). The number of rotatable bonds is 5. The lowest BCUT2D eigenvalue weighted by molar-refractivity contribution is -0.385. The lowest BCUT2D eigenvalue weighted by atomic mass is 10.2. The zero-order valence-corrected chi connectivity index (χ0v) is 13.5. The zero-order chi connectivity index (χ0) is 17.8. The van der Waals surface area contributed by atoms with Crippen LogP contribution in [0.2, 0.25) is 5.02 Å². The molecule has 2 aromatic carbocycles. The van der Waals surface area contributed by atoms with Gasteiger partial charge in [-0.05, 0) is 30.3 Å². The van der Waals surface area contributed by atoms with E-state index < -0.39 is 10.9 Å². The Labute approximate surface area is 147 Å². The monoisotopic (exact) mass is 358 g/mol. The third kappa shape index (κ3) is 3.84. The maximum Gasteiger partial charge on any atom is 0.345 e. The predicted molar refractivity (Wildman–Crippen MR) is 89.2 cm³/mol. The third-order valence-corrected chi connectivity index (χ3v) is 3.58. The number of nitro groups is 1. The number of nitro benzene ring substituents is 1. The van der Waals surface area contributed by atoms with Gasteiger partial charge in [0.25, 0.3) is 5.69 Å². The van der Waals surface area contributed by atoms with Gasteiger partial charge in [-0.15, -0.1) is 0 Å². The first kappa shape index (κ1) is 16.7. The smallest absolute Gasteiger partial charge is 0.345 e. The van der Waals surface area contributed by atoms with Crippen LogP contribution in [-0.2, 0) is 11.3 Å². The molecule has 0 radical (unpaired) electrons. The van der Waals surface area contributed by atoms with Crippen molar-refractivity contribution in [3.8, 4) is 11.3 Å². The lowest BCUT2D eigenvalue weighted by Crippen LogP contribution is -2.08. The molecule has 0 amide bonds. The van der Waals surface area contributed by atoms with Crippen LogP contribution in [-0.4, -0.2) is 15.9 Å². The molecular weight excluding hydrogens is 348 g/mol. The largest absolute Gasteiger partial charge is 0.452 e. The number of carbonyl (C=O) groups excluding carboxylic acids is 1. The topological polar surface area (TPSA) is 95.5 Å². The Morgan fingerprint density at radius 3 is 2.64 bits per heavy atom. The lowest BCUT2D eigenvalue weighted by Gasteiger charge is -2.03. The summed E-state index contributed by atoms with van der Waals surface area (Å²) in [6.45, 7) is -0.238. The molecule has 0 aliphatic heterocycles. The van der Waals surface area contributed by atoms with E-state index in [1.165, 1.54) is 30.5 Å². The minimum atomic E-state index is -0.821. The molecular formula is C17H11ClN2O5. The number of ether oxygens (including phenoxy) is 1. The normalized spacial score (nSPS) is 10.4. The van der Waals surface area contributed by atoms with E-state index in [2.05, 4.69) is 4.98 Å². The van der Waals surface area contributed by atoms with Gasteiger partial charge in [-0.2, -0.15) is 0 Å². The molecule has 0 saturated heterocycles. The molecule has 0 bridgehead atoms. The number of oxazole rings is 1. The average Bonchev–Trinajstić information content (AvgIpc) is 3.09. The van der Waals surface area contributed by atoms with Gasteiger partial charge in [0.1, 0.15) is 5.56 Å². The minimum absolute atomic E-state index is 0.128. The van der Waals surface area contributed by atoms with Gasteiger partial charge in [0.05, 0.1) is 11.1 Å². The Hall–Kier alpha value is -3.19. The average molecular weight is 359 g/mol. The molecule has 1 heterocycles. The molecule has 25 heavy (non-hydrogen) atoms. The van der Waals surface area contributed by atoms with Crippen LogP contribution < -0.4 is 0 Å². The van der Waals surface area contributed by atoms with Crippen molar-refractivity contribution in [3.63, 3.8) is 0 Å². The van der Waals surface area contributed by atoms with Crippen molar-refractivity contribution >= 4 is 23.3 Å². The molecule has 0 fully saturated rings. The SMILES string of the molecule is O=C(OCc1ncc(-c2ccc(Cl)cc2)o1)c1ccccc1[N+](=O)[O-]. The number of carbonyl (C=O) groups is 1. The second kappa shape index (κ2) is 7.14. The molecule has 1 aromatic heterocycles. The van der Waals surface area contributed by atoms with E-state index >= 15 is 0 Å². The maximum atomic E-state index is 12.0. The van der Waals surface area contributed by atoms with E-state index in [0.717, 1.165) is 5.56 Å².